The van der Waals surface area contributed by atoms with Crippen LogP contribution in [0, 0.1) is 11.8 Å². The van der Waals surface area contributed by atoms with Crippen LogP contribution in [0.25, 0.3) is 0 Å². The van der Waals surface area contributed by atoms with Gasteiger partial charge in [-0.25, -0.2) is 0 Å². The lowest BCUT2D eigenvalue weighted by Crippen LogP contribution is -2.47. The number of fused-ring (bicyclic) bond motifs is 2. The molecule has 0 bridgehead atoms. The van der Waals surface area contributed by atoms with Crippen LogP contribution in [0.1, 0.15) is 67.3 Å². The van der Waals surface area contributed by atoms with Crippen LogP contribution in [0.4, 0.5) is 0 Å². The number of aromatic nitrogens is 1. The number of likely N-dealkylation sites (tertiary alicyclic amines) is 1. The van der Waals surface area contributed by atoms with Crippen molar-refractivity contribution < 1.29 is 19.4 Å². The predicted molar refractivity (Wildman–Crippen MR) is 141 cm³/mol. The molecule has 1 aliphatic heterocycles. The van der Waals surface area contributed by atoms with Crippen molar-refractivity contribution >= 4 is 39.4 Å². The first kappa shape index (κ1) is 25.7. The fraction of sp³-hybridized carbons (Fsp3) is 0.536. The van der Waals surface area contributed by atoms with Gasteiger partial charge in [0.2, 0.25) is 5.91 Å². The summed E-state index contributed by atoms with van der Waals surface area (Å²) >= 11 is 10.2. The van der Waals surface area contributed by atoms with Crippen molar-refractivity contribution in [2.45, 2.75) is 70.0 Å². The van der Waals surface area contributed by atoms with Crippen LogP contribution in [-0.2, 0) is 27.2 Å². The van der Waals surface area contributed by atoms with Crippen LogP contribution in [0.15, 0.2) is 34.9 Å². The molecule has 0 spiro atoms. The smallest absolute Gasteiger partial charge is 0.302 e. The number of halogens is 2. The molecule has 2 heterocycles. The van der Waals surface area contributed by atoms with Crippen LogP contribution in [0.3, 0.4) is 0 Å². The minimum atomic E-state index is -0.696. The van der Waals surface area contributed by atoms with Gasteiger partial charge in [-0.2, -0.15) is 0 Å². The number of amides is 1. The normalized spacial score (nSPS) is 26.5. The number of aryl methyl sites for hydroxylation is 2. The molecule has 8 heteroatoms. The van der Waals surface area contributed by atoms with Gasteiger partial charge in [0.1, 0.15) is 6.10 Å². The Kier molecular flexibility index (Phi) is 7.70. The van der Waals surface area contributed by atoms with Crippen LogP contribution < -0.4 is 0 Å². The number of nitrogens with zero attached hydrogens (tertiary/aromatic N) is 2. The van der Waals surface area contributed by atoms with Crippen molar-refractivity contribution in [1.82, 2.24) is 9.88 Å². The summed E-state index contributed by atoms with van der Waals surface area (Å²) in [5.74, 6) is -0.00501. The van der Waals surface area contributed by atoms with Crippen LogP contribution in [0.2, 0.25) is 5.02 Å². The van der Waals surface area contributed by atoms with Crippen molar-refractivity contribution in [1.29, 1.82) is 0 Å². The summed E-state index contributed by atoms with van der Waals surface area (Å²) in [6.07, 6.45) is 5.73. The molecule has 1 amide bonds. The standard InChI is InChI=1S/C28H32BrClN2O4/c1-16(33)36-24-14-20(6-7-23(24)34)28(35)32-11-8-17(9-12-32)26-25-19(13-21(30)15-22(25)29)5-4-18-3-2-10-31-27(18)26/h2-3,10,13,15,17,20,23-24,26,34H,4-9,11-12,14H2,1H3/t20?,23-,24?,26-/m1/s1. The molecule has 1 saturated carbocycles. The number of carbonyl (C=O) groups excluding carboxylic acids is 2. The molecule has 1 aromatic heterocycles. The highest BCUT2D eigenvalue weighted by molar-refractivity contribution is 9.10. The van der Waals surface area contributed by atoms with Crippen LogP contribution in [0.5, 0.6) is 0 Å². The fourth-order valence-corrected chi connectivity index (χ4v) is 7.51. The highest BCUT2D eigenvalue weighted by Crippen LogP contribution is 2.46. The van der Waals surface area contributed by atoms with Gasteiger partial charge in [0, 0.05) is 47.5 Å². The van der Waals surface area contributed by atoms with E-state index in [2.05, 4.69) is 28.1 Å². The van der Waals surface area contributed by atoms with E-state index < -0.39 is 18.2 Å². The van der Waals surface area contributed by atoms with Gasteiger partial charge in [0.05, 0.1) is 11.8 Å². The maximum absolute atomic E-state index is 13.4. The van der Waals surface area contributed by atoms with Crippen molar-refractivity contribution in [3.63, 3.8) is 0 Å². The van der Waals surface area contributed by atoms with E-state index in [9.17, 15) is 14.7 Å². The fourth-order valence-electron chi connectivity index (χ4n) is 6.39. The zero-order valence-electron chi connectivity index (χ0n) is 20.5. The highest BCUT2D eigenvalue weighted by Gasteiger charge is 2.40. The van der Waals surface area contributed by atoms with Gasteiger partial charge in [-0.3, -0.25) is 14.6 Å². The van der Waals surface area contributed by atoms with E-state index in [-0.39, 0.29) is 17.7 Å². The molecule has 3 aliphatic rings. The number of carbonyl (C=O) groups is 2. The zero-order valence-corrected chi connectivity index (χ0v) is 22.8. The number of hydrogen-bond donors (Lipinski definition) is 1. The highest BCUT2D eigenvalue weighted by atomic mass is 79.9. The summed E-state index contributed by atoms with van der Waals surface area (Å²) in [6.45, 7) is 2.73. The number of aliphatic hydroxyl groups is 1. The van der Waals surface area contributed by atoms with Crippen molar-refractivity contribution in [2.75, 3.05) is 13.1 Å². The Hall–Kier alpha value is -1.96. The first-order chi connectivity index (χ1) is 17.3. The molecule has 6 nitrogen and oxygen atoms in total. The Morgan fingerprint density at radius 3 is 2.64 bits per heavy atom. The van der Waals surface area contributed by atoms with Gasteiger partial charge in [-0.15, -0.1) is 0 Å². The number of aliphatic hydroxyl groups excluding tert-OH is 1. The molecular formula is C28H32BrClN2O4. The van der Waals surface area contributed by atoms with E-state index in [1.165, 1.54) is 23.6 Å². The average Bonchev–Trinajstić information content (AvgIpc) is 3.02. The minimum absolute atomic E-state index is 0.116. The first-order valence-electron chi connectivity index (χ1n) is 12.9. The molecule has 192 valence electrons. The van der Waals surface area contributed by atoms with Crippen LogP contribution in [-0.4, -0.2) is 52.2 Å². The van der Waals surface area contributed by atoms with Gasteiger partial charge in [-0.1, -0.05) is 33.6 Å². The summed E-state index contributed by atoms with van der Waals surface area (Å²) < 4.78 is 6.32. The van der Waals surface area contributed by atoms with Crippen molar-refractivity contribution in [3.8, 4) is 0 Å². The molecule has 2 aliphatic carbocycles. The van der Waals surface area contributed by atoms with Gasteiger partial charge >= 0.3 is 5.97 Å². The number of benzene rings is 1. The molecule has 2 aromatic rings. The Morgan fingerprint density at radius 1 is 1.14 bits per heavy atom. The van der Waals surface area contributed by atoms with Crippen molar-refractivity contribution in [3.05, 3.63) is 62.3 Å². The van der Waals surface area contributed by atoms with Crippen LogP contribution >= 0.6 is 27.5 Å². The molecule has 2 fully saturated rings. The van der Waals surface area contributed by atoms with E-state index >= 15 is 0 Å². The van der Waals surface area contributed by atoms with E-state index in [0.717, 1.165) is 40.9 Å². The third-order valence-electron chi connectivity index (χ3n) is 8.12. The summed E-state index contributed by atoms with van der Waals surface area (Å²) in [6, 6.07) is 8.28. The Morgan fingerprint density at radius 2 is 1.89 bits per heavy atom. The minimum Gasteiger partial charge on any atom is -0.460 e. The predicted octanol–water partition coefficient (Wildman–Crippen LogP) is 5.06. The first-order valence-corrected chi connectivity index (χ1v) is 14.0. The average molecular weight is 576 g/mol. The SMILES string of the molecule is CC(=O)OC1CC(C(=O)N2CCC([C@H]3c4ncccc4CCc4cc(Cl)cc(Br)c43)CC2)CC[C@H]1O. The van der Waals surface area contributed by atoms with Gasteiger partial charge in [-0.05, 0) is 85.8 Å². The molecule has 2 unspecified atom stereocenters. The molecule has 4 atom stereocenters. The van der Waals surface area contributed by atoms with Gasteiger partial charge < -0.3 is 14.7 Å². The number of hydrogen-bond acceptors (Lipinski definition) is 5. The lowest BCUT2D eigenvalue weighted by atomic mass is 9.76. The summed E-state index contributed by atoms with van der Waals surface area (Å²) in [5, 5.41) is 10.9. The second-order valence-electron chi connectivity index (χ2n) is 10.4. The van der Waals surface area contributed by atoms with Gasteiger partial charge in [0.15, 0.2) is 0 Å². The number of piperidine rings is 1. The Labute approximate surface area is 225 Å². The molecule has 1 N–H and O–H groups in total. The van der Waals surface area contributed by atoms with E-state index in [1.54, 1.807) is 0 Å². The zero-order chi connectivity index (χ0) is 25.4. The third-order valence-corrected chi connectivity index (χ3v) is 9.00. The molecule has 1 saturated heterocycles. The second-order valence-corrected chi connectivity index (χ2v) is 11.7. The second kappa shape index (κ2) is 10.8. The molecular weight excluding hydrogens is 544 g/mol. The topological polar surface area (TPSA) is 79.7 Å². The number of pyridine rings is 1. The maximum atomic E-state index is 13.4. The maximum Gasteiger partial charge on any atom is 0.302 e. The Balaban J connectivity index is 1.34. The lowest BCUT2D eigenvalue weighted by Gasteiger charge is -2.40. The van der Waals surface area contributed by atoms with E-state index in [0.29, 0.717) is 38.3 Å². The third kappa shape index (κ3) is 5.20. The molecule has 5 rings (SSSR count). The number of ether oxygens (including phenoxy) is 1. The summed E-state index contributed by atoms with van der Waals surface area (Å²) in [4.78, 5) is 31.6. The monoisotopic (exact) mass is 574 g/mol. The molecule has 36 heavy (non-hydrogen) atoms. The van der Waals surface area contributed by atoms with E-state index in [4.69, 9.17) is 21.3 Å². The van der Waals surface area contributed by atoms with Gasteiger partial charge in [0.25, 0.3) is 0 Å². The summed E-state index contributed by atoms with van der Waals surface area (Å²) in [7, 11) is 0. The summed E-state index contributed by atoms with van der Waals surface area (Å²) in [5.41, 5.74) is 4.99. The molecule has 0 radical (unpaired) electrons. The number of rotatable bonds is 3. The number of esters is 1. The molecule has 1 aromatic carbocycles. The Bertz CT molecular complexity index is 1150. The quantitative estimate of drug-likeness (QED) is 0.518. The lowest BCUT2D eigenvalue weighted by molar-refractivity contribution is -0.160. The van der Waals surface area contributed by atoms with E-state index in [1.807, 2.05) is 23.2 Å². The largest absolute Gasteiger partial charge is 0.460 e. The van der Waals surface area contributed by atoms with Crippen molar-refractivity contribution in [2.24, 2.45) is 11.8 Å².